The monoisotopic (exact) mass is 278 g/mol. The van der Waals surface area contributed by atoms with Gasteiger partial charge in [-0.2, -0.15) is 5.10 Å². The molecular weight excluding hydrogens is 260 g/mol. The van der Waals surface area contributed by atoms with Gasteiger partial charge in [-0.1, -0.05) is 23.7 Å². The minimum absolute atomic E-state index is 0.0470. The highest BCUT2D eigenvalue weighted by Crippen LogP contribution is 2.23. The van der Waals surface area contributed by atoms with E-state index < -0.39 is 0 Å². The maximum Gasteiger partial charge on any atom is 0.0596 e. The molecule has 0 aliphatic carbocycles. The fourth-order valence-electron chi connectivity index (χ4n) is 2.22. The molecule has 5 heteroatoms. The van der Waals surface area contributed by atoms with Gasteiger partial charge in [-0.3, -0.25) is 16.0 Å². The smallest absolute Gasteiger partial charge is 0.0596 e. The van der Waals surface area contributed by atoms with E-state index in [0.717, 1.165) is 34.0 Å². The summed E-state index contributed by atoms with van der Waals surface area (Å²) >= 11 is 6.05. The van der Waals surface area contributed by atoms with Crippen molar-refractivity contribution in [2.45, 2.75) is 26.3 Å². The summed E-state index contributed by atoms with van der Waals surface area (Å²) in [5.74, 6) is 5.68. The maximum atomic E-state index is 6.05. The van der Waals surface area contributed by atoms with Crippen molar-refractivity contribution in [1.29, 1.82) is 0 Å². The lowest BCUT2D eigenvalue weighted by atomic mass is 10.0. The van der Waals surface area contributed by atoms with Crippen LogP contribution < -0.4 is 11.3 Å². The summed E-state index contributed by atoms with van der Waals surface area (Å²) in [4.78, 5) is 0. The fraction of sp³-hybridized carbons (Fsp3) is 0.357. The molecule has 0 amide bonds. The van der Waals surface area contributed by atoms with Crippen molar-refractivity contribution in [2.75, 3.05) is 0 Å². The Hall–Kier alpha value is -1.36. The van der Waals surface area contributed by atoms with Gasteiger partial charge in [-0.25, -0.2) is 0 Å². The molecule has 0 spiro atoms. The van der Waals surface area contributed by atoms with Gasteiger partial charge in [0.05, 0.1) is 11.7 Å². The Bertz CT molecular complexity index is 577. The van der Waals surface area contributed by atoms with Crippen LogP contribution in [0, 0.1) is 13.8 Å². The third-order valence-electron chi connectivity index (χ3n) is 3.30. The number of hydrazine groups is 1. The number of halogens is 1. The zero-order valence-corrected chi connectivity index (χ0v) is 12.2. The van der Waals surface area contributed by atoms with Crippen LogP contribution in [0.15, 0.2) is 24.3 Å². The van der Waals surface area contributed by atoms with Crippen LogP contribution in [0.1, 0.15) is 28.6 Å². The molecule has 0 bridgehead atoms. The molecule has 0 fully saturated rings. The molecule has 19 heavy (non-hydrogen) atoms. The molecule has 1 atom stereocenters. The lowest BCUT2D eigenvalue weighted by molar-refractivity contribution is 0.530. The lowest BCUT2D eigenvalue weighted by Crippen LogP contribution is -2.30. The standard InChI is InChI=1S/C14H19ClN4/c1-9-6-11(4-5-13(9)15)14(17-16)8-12-7-10(2)18-19(12)3/h4-7,14,17H,8,16H2,1-3H3. The van der Waals surface area contributed by atoms with Gasteiger partial charge in [0.1, 0.15) is 0 Å². The number of rotatable bonds is 4. The van der Waals surface area contributed by atoms with Gasteiger partial charge in [0.15, 0.2) is 0 Å². The van der Waals surface area contributed by atoms with E-state index in [1.54, 1.807) is 0 Å². The normalized spacial score (nSPS) is 12.7. The molecule has 102 valence electrons. The fourth-order valence-corrected chi connectivity index (χ4v) is 2.34. The summed E-state index contributed by atoms with van der Waals surface area (Å²) in [6.45, 7) is 3.98. The van der Waals surface area contributed by atoms with Gasteiger partial charge in [-0.15, -0.1) is 0 Å². The highest BCUT2D eigenvalue weighted by atomic mass is 35.5. The second-order valence-corrected chi connectivity index (χ2v) is 5.24. The molecular formula is C14H19ClN4. The largest absolute Gasteiger partial charge is 0.272 e. The van der Waals surface area contributed by atoms with Crippen LogP contribution in [0.3, 0.4) is 0 Å². The molecule has 0 aliphatic heterocycles. The van der Waals surface area contributed by atoms with Crippen molar-refractivity contribution in [2.24, 2.45) is 12.9 Å². The highest BCUT2D eigenvalue weighted by molar-refractivity contribution is 6.31. The van der Waals surface area contributed by atoms with Crippen molar-refractivity contribution < 1.29 is 0 Å². The van der Waals surface area contributed by atoms with Crippen LogP contribution in [0.5, 0.6) is 0 Å². The average molecular weight is 279 g/mol. The molecule has 1 unspecified atom stereocenters. The number of nitrogens with one attached hydrogen (secondary N) is 1. The predicted molar refractivity (Wildman–Crippen MR) is 77.9 cm³/mol. The number of aryl methyl sites for hydroxylation is 3. The Morgan fingerprint density at radius 1 is 1.37 bits per heavy atom. The van der Waals surface area contributed by atoms with Gasteiger partial charge in [0.2, 0.25) is 0 Å². The van der Waals surface area contributed by atoms with E-state index in [1.165, 1.54) is 0 Å². The van der Waals surface area contributed by atoms with Crippen LogP contribution in [-0.4, -0.2) is 9.78 Å². The van der Waals surface area contributed by atoms with E-state index >= 15 is 0 Å². The SMILES string of the molecule is Cc1cc(CC(NN)c2ccc(Cl)c(C)c2)n(C)n1. The van der Waals surface area contributed by atoms with Crippen LogP contribution in [-0.2, 0) is 13.5 Å². The Labute approximate surface area is 118 Å². The van der Waals surface area contributed by atoms with Crippen molar-refractivity contribution in [1.82, 2.24) is 15.2 Å². The molecule has 4 nitrogen and oxygen atoms in total. The van der Waals surface area contributed by atoms with Gasteiger partial charge in [0, 0.05) is 24.2 Å². The zero-order chi connectivity index (χ0) is 14.0. The number of nitrogens with two attached hydrogens (primary N) is 1. The molecule has 3 N–H and O–H groups in total. The Kier molecular flexibility index (Phi) is 4.24. The minimum Gasteiger partial charge on any atom is -0.272 e. The number of benzene rings is 1. The summed E-state index contributed by atoms with van der Waals surface area (Å²) in [7, 11) is 1.95. The molecule has 0 radical (unpaired) electrons. The molecule has 1 aromatic heterocycles. The summed E-state index contributed by atoms with van der Waals surface area (Å²) < 4.78 is 1.89. The van der Waals surface area contributed by atoms with E-state index in [0.29, 0.717) is 0 Å². The van der Waals surface area contributed by atoms with Crippen molar-refractivity contribution >= 4 is 11.6 Å². The van der Waals surface area contributed by atoms with E-state index in [9.17, 15) is 0 Å². The third kappa shape index (κ3) is 3.15. The van der Waals surface area contributed by atoms with E-state index in [4.69, 9.17) is 17.4 Å². The lowest BCUT2D eigenvalue weighted by Gasteiger charge is -2.17. The predicted octanol–water partition coefficient (Wildman–Crippen LogP) is 2.44. The maximum absolute atomic E-state index is 6.05. The van der Waals surface area contributed by atoms with Gasteiger partial charge in [0.25, 0.3) is 0 Å². The number of hydrogen-bond acceptors (Lipinski definition) is 3. The molecule has 0 saturated heterocycles. The average Bonchev–Trinajstić information content (AvgIpc) is 2.68. The first-order chi connectivity index (χ1) is 9.01. The third-order valence-corrected chi connectivity index (χ3v) is 3.72. The number of aromatic nitrogens is 2. The van der Waals surface area contributed by atoms with Crippen molar-refractivity contribution in [3.8, 4) is 0 Å². The number of nitrogens with zero attached hydrogens (tertiary/aromatic N) is 2. The van der Waals surface area contributed by atoms with Crippen LogP contribution >= 0.6 is 11.6 Å². The second kappa shape index (κ2) is 5.74. The second-order valence-electron chi connectivity index (χ2n) is 4.83. The van der Waals surface area contributed by atoms with Gasteiger partial charge in [-0.05, 0) is 37.1 Å². The summed E-state index contributed by atoms with van der Waals surface area (Å²) in [5.41, 5.74) is 7.21. The quantitative estimate of drug-likeness (QED) is 0.667. The first-order valence-electron chi connectivity index (χ1n) is 6.23. The molecule has 2 rings (SSSR count). The Morgan fingerprint density at radius 2 is 2.11 bits per heavy atom. The van der Waals surface area contributed by atoms with Crippen LogP contribution in [0.25, 0.3) is 0 Å². The van der Waals surface area contributed by atoms with E-state index in [1.807, 2.05) is 37.7 Å². The van der Waals surface area contributed by atoms with Gasteiger partial charge >= 0.3 is 0 Å². The molecule has 1 aromatic carbocycles. The molecule has 1 heterocycles. The summed E-state index contributed by atoms with van der Waals surface area (Å²) in [6.07, 6.45) is 0.787. The first-order valence-corrected chi connectivity index (χ1v) is 6.60. The van der Waals surface area contributed by atoms with Crippen molar-refractivity contribution in [3.05, 3.63) is 51.8 Å². The zero-order valence-electron chi connectivity index (χ0n) is 11.4. The van der Waals surface area contributed by atoms with Gasteiger partial charge < -0.3 is 0 Å². The molecule has 2 aromatic rings. The molecule has 0 saturated carbocycles. The van der Waals surface area contributed by atoms with Crippen LogP contribution in [0.4, 0.5) is 0 Å². The number of hydrogen-bond donors (Lipinski definition) is 2. The van der Waals surface area contributed by atoms with Crippen LogP contribution in [0.2, 0.25) is 5.02 Å². The van der Waals surface area contributed by atoms with Crippen molar-refractivity contribution in [3.63, 3.8) is 0 Å². The Balaban J connectivity index is 2.24. The topological polar surface area (TPSA) is 55.9 Å². The minimum atomic E-state index is 0.0470. The highest BCUT2D eigenvalue weighted by Gasteiger charge is 2.14. The van der Waals surface area contributed by atoms with E-state index in [-0.39, 0.29) is 6.04 Å². The first kappa shape index (κ1) is 14.1. The summed E-state index contributed by atoms with van der Waals surface area (Å²) in [5, 5.41) is 5.12. The Morgan fingerprint density at radius 3 is 2.63 bits per heavy atom. The molecule has 0 aliphatic rings. The summed E-state index contributed by atoms with van der Waals surface area (Å²) in [6, 6.07) is 8.10. The van der Waals surface area contributed by atoms with E-state index in [2.05, 4.69) is 22.7 Å².